The molecule has 0 radical (unpaired) electrons. The average Bonchev–Trinajstić information content (AvgIpc) is 1.97. The smallest absolute Gasteiger partial charge is 0.0813 e. The van der Waals surface area contributed by atoms with E-state index in [1.54, 1.807) is 0 Å². The standard InChI is InChI=1S/C12H25NO/c1-9-6-10(2)8-11(7-9)13-14-12(3,4)5/h9-11,13H,6-8H2,1-5H3. The Balaban J connectivity index is 2.30. The Hall–Kier alpha value is -0.0800. The van der Waals surface area contributed by atoms with Crippen LogP contribution < -0.4 is 5.48 Å². The zero-order chi connectivity index (χ0) is 10.8. The summed E-state index contributed by atoms with van der Waals surface area (Å²) in [5, 5.41) is 0. The molecule has 2 nitrogen and oxygen atoms in total. The Morgan fingerprint density at radius 3 is 1.93 bits per heavy atom. The van der Waals surface area contributed by atoms with Gasteiger partial charge in [-0.05, 0) is 51.9 Å². The van der Waals surface area contributed by atoms with Crippen LogP contribution in [-0.4, -0.2) is 11.6 Å². The number of hydrogen-bond acceptors (Lipinski definition) is 2. The zero-order valence-corrected chi connectivity index (χ0v) is 10.3. The quantitative estimate of drug-likeness (QED) is 0.690. The van der Waals surface area contributed by atoms with Gasteiger partial charge in [-0.25, -0.2) is 0 Å². The Morgan fingerprint density at radius 2 is 1.50 bits per heavy atom. The first-order valence-electron chi connectivity index (χ1n) is 5.80. The number of hydrogen-bond donors (Lipinski definition) is 1. The van der Waals surface area contributed by atoms with Crippen molar-refractivity contribution >= 4 is 0 Å². The molecule has 0 spiro atoms. The van der Waals surface area contributed by atoms with E-state index in [9.17, 15) is 0 Å². The molecule has 0 aromatic heterocycles. The monoisotopic (exact) mass is 199 g/mol. The highest BCUT2D eigenvalue weighted by Crippen LogP contribution is 2.28. The highest BCUT2D eigenvalue weighted by atomic mass is 16.7. The lowest BCUT2D eigenvalue weighted by atomic mass is 9.81. The Labute approximate surface area is 88.4 Å². The second kappa shape index (κ2) is 4.63. The van der Waals surface area contributed by atoms with Crippen molar-refractivity contribution in [3.8, 4) is 0 Å². The Morgan fingerprint density at radius 1 is 1.00 bits per heavy atom. The molecule has 1 saturated carbocycles. The molecule has 0 saturated heterocycles. The molecule has 1 N–H and O–H groups in total. The maximum Gasteiger partial charge on any atom is 0.0813 e. The molecule has 1 rings (SSSR count). The van der Waals surface area contributed by atoms with Crippen LogP contribution in [-0.2, 0) is 4.84 Å². The molecule has 2 atom stereocenters. The Kier molecular flexibility index (Phi) is 3.96. The molecule has 1 aliphatic carbocycles. The summed E-state index contributed by atoms with van der Waals surface area (Å²) in [6, 6.07) is 0.549. The van der Waals surface area contributed by atoms with Gasteiger partial charge in [0.2, 0.25) is 0 Å². The fourth-order valence-corrected chi connectivity index (χ4v) is 2.30. The SMILES string of the molecule is CC1CC(C)CC(NOC(C)(C)C)C1. The minimum absolute atomic E-state index is 0.0794. The van der Waals surface area contributed by atoms with E-state index in [1.807, 2.05) is 0 Å². The van der Waals surface area contributed by atoms with Crippen molar-refractivity contribution in [3.05, 3.63) is 0 Å². The molecule has 0 aromatic rings. The first-order valence-corrected chi connectivity index (χ1v) is 5.80. The van der Waals surface area contributed by atoms with E-state index in [0.29, 0.717) is 6.04 Å². The fraction of sp³-hybridized carbons (Fsp3) is 1.00. The molecule has 84 valence electrons. The molecule has 0 amide bonds. The van der Waals surface area contributed by atoms with E-state index in [0.717, 1.165) is 11.8 Å². The van der Waals surface area contributed by atoms with Crippen molar-refractivity contribution in [2.24, 2.45) is 11.8 Å². The molecule has 14 heavy (non-hydrogen) atoms. The summed E-state index contributed by atoms with van der Waals surface area (Å²) in [7, 11) is 0. The van der Waals surface area contributed by atoms with Crippen LogP contribution in [0.3, 0.4) is 0 Å². The van der Waals surface area contributed by atoms with Crippen molar-refractivity contribution in [2.75, 3.05) is 0 Å². The topological polar surface area (TPSA) is 21.3 Å². The van der Waals surface area contributed by atoms with Crippen LogP contribution in [0.15, 0.2) is 0 Å². The van der Waals surface area contributed by atoms with Crippen LogP contribution in [0.1, 0.15) is 53.9 Å². The lowest BCUT2D eigenvalue weighted by molar-refractivity contribution is -0.0973. The first kappa shape index (κ1) is 12.0. The van der Waals surface area contributed by atoms with Gasteiger partial charge in [0.05, 0.1) is 5.60 Å². The highest BCUT2D eigenvalue weighted by molar-refractivity contribution is 4.77. The molecular formula is C12H25NO. The Bertz CT molecular complexity index is 164. The minimum Gasteiger partial charge on any atom is -0.296 e. The van der Waals surface area contributed by atoms with Gasteiger partial charge >= 0.3 is 0 Å². The molecule has 0 aromatic carbocycles. The normalized spacial score (nSPS) is 34.5. The van der Waals surface area contributed by atoms with E-state index in [4.69, 9.17) is 4.84 Å². The van der Waals surface area contributed by atoms with Crippen molar-refractivity contribution in [2.45, 2.75) is 65.5 Å². The highest BCUT2D eigenvalue weighted by Gasteiger charge is 2.25. The third-order valence-corrected chi connectivity index (χ3v) is 2.71. The lowest BCUT2D eigenvalue weighted by Gasteiger charge is -2.33. The fourth-order valence-electron chi connectivity index (χ4n) is 2.30. The predicted octanol–water partition coefficient (Wildman–Crippen LogP) is 3.13. The molecular weight excluding hydrogens is 174 g/mol. The first-order chi connectivity index (χ1) is 6.37. The van der Waals surface area contributed by atoms with E-state index >= 15 is 0 Å². The van der Waals surface area contributed by atoms with Gasteiger partial charge in [0, 0.05) is 6.04 Å². The third-order valence-electron chi connectivity index (χ3n) is 2.71. The summed E-state index contributed by atoms with van der Waals surface area (Å²) < 4.78 is 0. The number of nitrogens with one attached hydrogen (secondary N) is 1. The third kappa shape index (κ3) is 4.43. The van der Waals surface area contributed by atoms with Crippen molar-refractivity contribution in [3.63, 3.8) is 0 Å². The van der Waals surface area contributed by atoms with Gasteiger partial charge in [-0.3, -0.25) is 4.84 Å². The second-order valence-electron chi connectivity index (χ2n) is 5.95. The van der Waals surface area contributed by atoms with Crippen LogP contribution >= 0.6 is 0 Å². The van der Waals surface area contributed by atoms with Crippen molar-refractivity contribution in [1.82, 2.24) is 5.48 Å². The van der Waals surface area contributed by atoms with Gasteiger partial charge in [0.25, 0.3) is 0 Å². The molecule has 0 heterocycles. The van der Waals surface area contributed by atoms with Crippen LogP contribution in [0.5, 0.6) is 0 Å². The lowest BCUT2D eigenvalue weighted by Crippen LogP contribution is -2.40. The number of rotatable bonds is 2. The average molecular weight is 199 g/mol. The largest absolute Gasteiger partial charge is 0.296 e. The minimum atomic E-state index is -0.0794. The van der Waals surface area contributed by atoms with Crippen LogP contribution in [0.2, 0.25) is 0 Å². The molecule has 0 aliphatic heterocycles. The maximum atomic E-state index is 5.62. The molecule has 2 heteroatoms. The summed E-state index contributed by atoms with van der Waals surface area (Å²) in [6.45, 7) is 10.9. The van der Waals surface area contributed by atoms with E-state index in [2.05, 4.69) is 40.1 Å². The van der Waals surface area contributed by atoms with Gasteiger partial charge in [-0.15, -0.1) is 0 Å². The molecule has 0 bridgehead atoms. The summed E-state index contributed by atoms with van der Waals surface area (Å²) >= 11 is 0. The summed E-state index contributed by atoms with van der Waals surface area (Å²) in [5.74, 6) is 1.67. The predicted molar refractivity (Wildman–Crippen MR) is 59.9 cm³/mol. The van der Waals surface area contributed by atoms with Crippen LogP contribution in [0, 0.1) is 11.8 Å². The van der Waals surface area contributed by atoms with Crippen molar-refractivity contribution < 1.29 is 4.84 Å². The zero-order valence-electron chi connectivity index (χ0n) is 10.3. The molecule has 2 unspecified atom stereocenters. The summed E-state index contributed by atoms with van der Waals surface area (Å²) in [4.78, 5) is 5.62. The van der Waals surface area contributed by atoms with Gasteiger partial charge in [0.1, 0.15) is 0 Å². The summed E-state index contributed by atoms with van der Waals surface area (Å²) in [6.07, 6.45) is 3.87. The number of hydroxylamine groups is 1. The van der Waals surface area contributed by atoms with E-state index < -0.39 is 0 Å². The van der Waals surface area contributed by atoms with Gasteiger partial charge < -0.3 is 0 Å². The van der Waals surface area contributed by atoms with Gasteiger partial charge in [0.15, 0.2) is 0 Å². The summed E-state index contributed by atoms with van der Waals surface area (Å²) in [5.41, 5.74) is 3.14. The van der Waals surface area contributed by atoms with Gasteiger partial charge in [-0.1, -0.05) is 13.8 Å². The van der Waals surface area contributed by atoms with Crippen LogP contribution in [0.4, 0.5) is 0 Å². The second-order valence-corrected chi connectivity index (χ2v) is 5.95. The van der Waals surface area contributed by atoms with E-state index in [-0.39, 0.29) is 5.60 Å². The molecule has 1 fully saturated rings. The molecule has 1 aliphatic rings. The van der Waals surface area contributed by atoms with Crippen LogP contribution in [0.25, 0.3) is 0 Å². The van der Waals surface area contributed by atoms with E-state index in [1.165, 1.54) is 19.3 Å². The maximum absolute atomic E-state index is 5.62. The van der Waals surface area contributed by atoms with Gasteiger partial charge in [-0.2, -0.15) is 5.48 Å². The van der Waals surface area contributed by atoms with Crippen molar-refractivity contribution in [1.29, 1.82) is 0 Å².